The molecule has 0 bridgehead atoms. The minimum Gasteiger partial charge on any atom is -0.492 e. The molecule has 3 aromatic rings. The summed E-state index contributed by atoms with van der Waals surface area (Å²) in [6.45, 7) is 9.20. The van der Waals surface area contributed by atoms with Crippen molar-refractivity contribution >= 4 is 5.91 Å². The number of ether oxygens (including phenoxy) is 1. The first-order chi connectivity index (χ1) is 13.8. The molecular formula is C24H28N2O3. The van der Waals surface area contributed by atoms with Crippen LogP contribution in [0.5, 0.6) is 5.75 Å². The highest BCUT2D eigenvalue weighted by Gasteiger charge is 2.15. The zero-order valence-corrected chi connectivity index (χ0v) is 17.5. The van der Waals surface area contributed by atoms with Crippen molar-refractivity contribution in [2.75, 3.05) is 13.2 Å². The van der Waals surface area contributed by atoms with Crippen molar-refractivity contribution in [3.8, 4) is 17.2 Å². The van der Waals surface area contributed by atoms with Crippen LogP contribution in [0.1, 0.15) is 37.8 Å². The molecule has 152 valence electrons. The molecule has 1 aromatic heterocycles. The SMILES string of the molecule is Cc1oc(-c2ccccc2)nc1CC(=O)NCCOc1ccc(C(C)(C)C)cc1. The van der Waals surface area contributed by atoms with Crippen LogP contribution in [0.3, 0.4) is 0 Å². The minimum atomic E-state index is -0.104. The minimum absolute atomic E-state index is 0.104. The van der Waals surface area contributed by atoms with Crippen LogP contribution in [0.25, 0.3) is 11.5 Å². The van der Waals surface area contributed by atoms with Gasteiger partial charge in [0.25, 0.3) is 0 Å². The number of benzene rings is 2. The molecule has 0 radical (unpaired) electrons. The van der Waals surface area contributed by atoms with Gasteiger partial charge in [0.05, 0.1) is 18.7 Å². The van der Waals surface area contributed by atoms with Crippen molar-refractivity contribution < 1.29 is 13.9 Å². The molecule has 0 aliphatic heterocycles. The van der Waals surface area contributed by atoms with E-state index in [0.717, 1.165) is 11.3 Å². The van der Waals surface area contributed by atoms with Crippen LogP contribution >= 0.6 is 0 Å². The van der Waals surface area contributed by atoms with Crippen molar-refractivity contribution in [2.24, 2.45) is 0 Å². The number of nitrogens with zero attached hydrogens (tertiary/aromatic N) is 1. The first kappa shape index (κ1) is 20.6. The number of carbonyl (C=O) groups excluding carboxylic acids is 1. The maximum atomic E-state index is 12.2. The average Bonchev–Trinajstić information content (AvgIpc) is 3.06. The second-order valence-electron chi connectivity index (χ2n) is 8.04. The quantitative estimate of drug-likeness (QED) is 0.593. The van der Waals surface area contributed by atoms with E-state index in [9.17, 15) is 4.79 Å². The summed E-state index contributed by atoms with van der Waals surface area (Å²) < 4.78 is 11.4. The molecule has 1 heterocycles. The van der Waals surface area contributed by atoms with Gasteiger partial charge in [0.15, 0.2) is 0 Å². The highest BCUT2D eigenvalue weighted by atomic mass is 16.5. The third-order valence-corrected chi connectivity index (χ3v) is 4.65. The summed E-state index contributed by atoms with van der Waals surface area (Å²) in [6.07, 6.45) is 0.183. The van der Waals surface area contributed by atoms with E-state index in [-0.39, 0.29) is 17.7 Å². The maximum absolute atomic E-state index is 12.2. The Balaban J connectivity index is 1.45. The Morgan fingerprint density at radius 1 is 1.07 bits per heavy atom. The first-order valence-electron chi connectivity index (χ1n) is 9.85. The Hall–Kier alpha value is -3.08. The predicted octanol–water partition coefficient (Wildman–Crippen LogP) is 4.69. The highest BCUT2D eigenvalue weighted by Crippen LogP contribution is 2.24. The lowest BCUT2D eigenvalue weighted by atomic mass is 9.87. The molecular weight excluding hydrogens is 364 g/mol. The van der Waals surface area contributed by atoms with Crippen LogP contribution in [-0.4, -0.2) is 24.0 Å². The molecule has 1 amide bonds. The van der Waals surface area contributed by atoms with Gasteiger partial charge in [0.2, 0.25) is 11.8 Å². The summed E-state index contributed by atoms with van der Waals surface area (Å²) in [5, 5.41) is 2.87. The molecule has 29 heavy (non-hydrogen) atoms. The van der Waals surface area contributed by atoms with Crippen molar-refractivity contribution in [1.29, 1.82) is 0 Å². The van der Waals surface area contributed by atoms with Crippen molar-refractivity contribution in [2.45, 2.75) is 39.5 Å². The number of oxazole rings is 1. The van der Waals surface area contributed by atoms with Crippen molar-refractivity contribution in [1.82, 2.24) is 10.3 Å². The van der Waals surface area contributed by atoms with Crippen LogP contribution in [0, 0.1) is 6.92 Å². The van der Waals surface area contributed by atoms with Gasteiger partial charge >= 0.3 is 0 Å². The van der Waals surface area contributed by atoms with Gasteiger partial charge in [-0.2, -0.15) is 0 Å². The molecule has 5 heteroatoms. The Morgan fingerprint density at radius 2 is 1.76 bits per heavy atom. The van der Waals surface area contributed by atoms with E-state index in [2.05, 4.69) is 43.2 Å². The van der Waals surface area contributed by atoms with E-state index in [1.165, 1.54) is 5.56 Å². The van der Waals surface area contributed by atoms with Crippen molar-refractivity contribution in [3.63, 3.8) is 0 Å². The Labute approximate surface area is 172 Å². The summed E-state index contributed by atoms with van der Waals surface area (Å²) in [5.41, 5.74) is 2.93. The van der Waals surface area contributed by atoms with Crippen LogP contribution < -0.4 is 10.1 Å². The summed E-state index contributed by atoms with van der Waals surface area (Å²) in [7, 11) is 0. The van der Waals surface area contributed by atoms with Gasteiger partial charge in [-0.1, -0.05) is 51.1 Å². The van der Waals surface area contributed by atoms with Crippen LogP contribution in [0.2, 0.25) is 0 Å². The molecule has 0 fully saturated rings. The largest absolute Gasteiger partial charge is 0.492 e. The molecule has 5 nitrogen and oxygen atoms in total. The monoisotopic (exact) mass is 392 g/mol. The van der Waals surface area contributed by atoms with E-state index >= 15 is 0 Å². The zero-order chi connectivity index (χ0) is 20.9. The fraction of sp³-hybridized carbons (Fsp3) is 0.333. The van der Waals surface area contributed by atoms with Gasteiger partial charge in [-0.15, -0.1) is 0 Å². The lowest BCUT2D eigenvalue weighted by molar-refractivity contribution is -0.120. The summed E-state index contributed by atoms with van der Waals surface area (Å²) >= 11 is 0. The standard InChI is InChI=1S/C24H28N2O3/c1-17-21(26-23(29-17)18-8-6-5-7-9-18)16-22(27)25-14-15-28-20-12-10-19(11-13-20)24(2,3)4/h5-13H,14-16H2,1-4H3,(H,25,27). The molecule has 0 aliphatic rings. The molecule has 0 saturated heterocycles. The number of aromatic nitrogens is 1. The van der Waals surface area contributed by atoms with E-state index in [1.54, 1.807) is 0 Å². The molecule has 1 N–H and O–H groups in total. The van der Waals surface area contributed by atoms with Gasteiger partial charge in [0.1, 0.15) is 18.1 Å². The predicted molar refractivity (Wildman–Crippen MR) is 114 cm³/mol. The van der Waals surface area contributed by atoms with E-state index in [1.807, 2.05) is 49.4 Å². The molecule has 2 aromatic carbocycles. The number of amides is 1. The third kappa shape index (κ3) is 5.70. The van der Waals surface area contributed by atoms with Crippen LogP contribution in [-0.2, 0) is 16.6 Å². The topological polar surface area (TPSA) is 64.4 Å². The van der Waals surface area contributed by atoms with Crippen LogP contribution in [0.15, 0.2) is 59.0 Å². The van der Waals surface area contributed by atoms with Gasteiger partial charge in [-0.3, -0.25) is 4.79 Å². The number of nitrogens with one attached hydrogen (secondary N) is 1. The van der Waals surface area contributed by atoms with Crippen molar-refractivity contribution in [3.05, 3.63) is 71.6 Å². The fourth-order valence-corrected chi connectivity index (χ4v) is 2.92. The molecule has 0 spiro atoms. The Morgan fingerprint density at radius 3 is 2.41 bits per heavy atom. The van der Waals surface area contributed by atoms with E-state index in [4.69, 9.17) is 9.15 Å². The Kier molecular flexibility index (Phi) is 6.37. The molecule has 0 unspecified atom stereocenters. The highest BCUT2D eigenvalue weighted by molar-refractivity contribution is 5.78. The Bertz CT molecular complexity index is 939. The molecule has 0 saturated carbocycles. The number of aryl methyl sites for hydroxylation is 1. The van der Waals surface area contributed by atoms with Crippen LogP contribution in [0.4, 0.5) is 0 Å². The lowest BCUT2D eigenvalue weighted by Crippen LogP contribution is -2.29. The van der Waals surface area contributed by atoms with Gasteiger partial charge < -0.3 is 14.5 Å². The zero-order valence-electron chi connectivity index (χ0n) is 17.5. The van der Waals surface area contributed by atoms with E-state index in [0.29, 0.717) is 30.5 Å². The van der Waals surface area contributed by atoms with E-state index < -0.39 is 0 Å². The van der Waals surface area contributed by atoms with Gasteiger partial charge in [-0.05, 0) is 42.2 Å². The summed E-state index contributed by atoms with van der Waals surface area (Å²) in [5.74, 6) is 1.89. The molecule has 0 aliphatic carbocycles. The molecule has 3 rings (SSSR count). The average molecular weight is 392 g/mol. The second-order valence-corrected chi connectivity index (χ2v) is 8.04. The normalized spacial score (nSPS) is 11.3. The number of hydrogen-bond donors (Lipinski definition) is 1. The third-order valence-electron chi connectivity index (χ3n) is 4.65. The molecule has 0 atom stereocenters. The number of rotatable bonds is 7. The smallest absolute Gasteiger partial charge is 0.226 e. The van der Waals surface area contributed by atoms with Gasteiger partial charge in [-0.25, -0.2) is 4.98 Å². The maximum Gasteiger partial charge on any atom is 0.226 e. The fourth-order valence-electron chi connectivity index (χ4n) is 2.92. The second kappa shape index (κ2) is 8.95. The van der Waals surface area contributed by atoms with Gasteiger partial charge in [0, 0.05) is 5.56 Å². The summed E-state index contributed by atoms with van der Waals surface area (Å²) in [4.78, 5) is 16.7. The number of hydrogen-bond acceptors (Lipinski definition) is 4. The lowest BCUT2D eigenvalue weighted by Gasteiger charge is -2.19. The first-order valence-corrected chi connectivity index (χ1v) is 9.85. The summed E-state index contributed by atoms with van der Waals surface area (Å²) in [6, 6.07) is 17.7. The number of carbonyl (C=O) groups is 1.